The molecule has 0 radical (unpaired) electrons. The molecule has 0 unspecified atom stereocenters. The van der Waals surface area contributed by atoms with Crippen LogP contribution in [0.5, 0.6) is 0 Å². The Morgan fingerprint density at radius 2 is 1.84 bits per heavy atom. The molecule has 0 saturated heterocycles. The average molecular weight is 257 g/mol. The summed E-state index contributed by atoms with van der Waals surface area (Å²) in [5, 5.41) is 0. The van der Waals surface area contributed by atoms with Crippen molar-refractivity contribution in [3.63, 3.8) is 0 Å². The first kappa shape index (κ1) is 13.3. The number of aromatic nitrogens is 2. The van der Waals surface area contributed by atoms with Gasteiger partial charge in [-0.1, -0.05) is 32.0 Å². The van der Waals surface area contributed by atoms with Gasteiger partial charge in [0, 0.05) is 31.5 Å². The molecule has 0 fully saturated rings. The first-order valence-electron chi connectivity index (χ1n) is 6.37. The van der Waals surface area contributed by atoms with Crippen molar-refractivity contribution in [1.29, 1.82) is 0 Å². The van der Waals surface area contributed by atoms with Crippen molar-refractivity contribution in [2.45, 2.75) is 19.8 Å². The molecule has 1 aromatic heterocycles. The summed E-state index contributed by atoms with van der Waals surface area (Å²) in [6.07, 6.45) is 1.68. The van der Waals surface area contributed by atoms with Crippen molar-refractivity contribution in [3.8, 4) is 0 Å². The Balaban J connectivity index is 2.48. The lowest BCUT2D eigenvalue weighted by Crippen LogP contribution is -2.28. The van der Waals surface area contributed by atoms with Gasteiger partial charge in [0.15, 0.2) is 0 Å². The molecule has 100 valence electrons. The zero-order valence-corrected chi connectivity index (χ0v) is 11.8. The fourth-order valence-corrected chi connectivity index (χ4v) is 2.03. The van der Waals surface area contributed by atoms with Crippen LogP contribution in [-0.4, -0.2) is 16.6 Å². The van der Waals surface area contributed by atoms with E-state index in [2.05, 4.69) is 4.98 Å². The minimum Gasteiger partial charge on any atom is -0.315 e. The zero-order valence-electron chi connectivity index (χ0n) is 11.8. The number of nitrogens with zero attached hydrogens (tertiary/aromatic N) is 3. The SMILES string of the molecule is CC(C)c1cnc(N(C)c2ccccc2)n(C)c1=O. The van der Waals surface area contributed by atoms with Gasteiger partial charge in [0.05, 0.1) is 0 Å². The molecule has 4 heteroatoms. The highest BCUT2D eigenvalue weighted by Gasteiger charge is 2.13. The second kappa shape index (κ2) is 5.26. The van der Waals surface area contributed by atoms with Crippen LogP contribution in [0.25, 0.3) is 0 Å². The van der Waals surface area contributed by atoms with Crippen molar-refractivity contribution in [1.82, 2.24) is 9.55 Å². The maximum Gasteiger partial charge on any atom is 0.258 e. The molecule has 0 saturated carbocycles. The summed E-state index contributed by atoms with van der Waals surface area (Å²) in [5.74, 6) is 0.822. The second-order valence-corrected chi connectivity index (χ2v) is 4.93. The summed E-state index contributed by atoms with van der Waals surface area (Å²) in [6, 6.07) is 9.87. The second-order valence-electron chi connectivity index (χ2n) is 4.93. The third-order valence-corrected chi connectivity index (χ3v) is 3.24. The molecule has 2 aromatic rings. The summed E-state index contributed by atoms with van der Waals surface area (Å²) in [5.41, 5.74) is 1.76. The molecule has 1 aromatic carbocycles. The van der Waals surface area contributed by atoms with Gasteiger partial charge in [-0.2, -0.15) is 0 Å². The van der Waals surface area contributed by atoms with Crippen LogP contribution < -0.4 is 10.5 Å². The minimum atomic E-state index is 0.0165. The maximum atomic E-state index is 12.3. The molecule has 0 aliphatic heterocycles. The predicted octanol–water partition coefficient (Wildman–Crippen LogP) is 2.67. The van der Waals surface area contributed by atoms with Crippen molar-refractivity contribution < 1.29 is 0 Å². The third kappa shape index (κ3) is 2.52. The lowest BCUT2D eigenvalue weighted by molar-refractivity contribution is 0.747. The van der Waals surface area contributed by atoms with Gasteiger partial charge in [-0.15, -0.1) is 0 Å². The van der Waals surface area contributed by atoms with E-state index >= 15 is 0 Å². The van der Waals surface area contributed by atoms with Crippen LogP contribution in [0.2, 0.25) is 0 Å². The van der Waals surface area contributed by atoms with E-state index in [4.69, 9.17) is 0 Å². The van der Waals surface area contributed by atoms with Gasteiger partial charge < -0.3 is 4.90 Å². The van der Waals surface area contributed by atoms with Gasteiger partial charge in [0.25, 0.3) is 5.56 Å². The fraction of sp³-hybridized carbons (Fsp3) is 0.333. The number of hydrogen-bond donors (Lipinski definition) is 0. The average Bonchev–Trinajstić information content (AvgIpc) is 2.41. The molecule has 0 spiro atoms. The summed E-state index contributed by atoms with van der Waals surface area (Å²) in [7, 11) is 3.67. The summed E-state index contributed by atoms with van der Waals surface area (Å²) in [4.78, 5) is 18.6. The largest absolute Gasteiger partial charge is 0.315 e. The van der Waals surface area contributed by atoms with Gasteiger partial charge >= 0.3 is 0 Å². The molecule has 0 N–H and O–H groups in total. The van der Waals surface area contributed by atoms with Gasteiger partial charge in [0.1, 0.15) is 0 Å². The number of benzene rings is 1. The first-order chi connectivity index (χ1) is 9.02. The summed E-state index contributed by atoms with van der Waals surface area (Å²) >= 11 is 0. The molecule has 2 rings (SSSR count). The van der Waals surface area contributed by atoms with Crippen LogP contribution in [0.1, 0.15) is 25.3 Å². The van der Waals surface area contributed by atoms with Crippen LogP contribution in [0.3, 0.4) is 0 Å². The van der Waals surface area contributed by atoms with Crippen LogP contribution in [0.4, 0.5) is 11.6 Å². The monoisotopic (exact) mass is 257 g/mol. The third-order valence-electron chi connectivity index (χ3n) is 3.24. The highest BCUT2D eigenvalue weighted by Crippen LogP contribution is 2.20. The Kier molecular flexibility index (Phi) is 3.69. The van der Waals surface area contributed by atoms with Gasteiger partial charge in [-0.25, -0.2) is 4.98 Å². The topological polar surface area (TPSA) is 38.1 Å². The quantitative estimate of drug-likeness (QED) is 0.848. The molecule has 0 bridgehead atoms. The van der Waals surface area contributed by atoms with Crippen molar-refractivity contribution in [2.24, 2.45) is 7.05 Å². The lowest BCUT2D eigenvalue weighted by Gasteiger charge is -2.21. The molecule has 0 aliphatic carbocycles. The highest BCUT2D eigenvalue weighted by atomic mass is 16.1. The van der Waals surface area contributed by atoms with E-state index < -0.39 is 0 Å². The Labute approximate surface area is 113 Å². The molecule has 4 nitrogen and oxygen atoms in total. The zero-order chi connectivity index (χ0) is 14.0. The molecular formula is C15H19N3O. The normalized spacial score (nSPS) is 10.8. The Morgan fingerprint density at radius 1 is 1.21 bits per heavy atom. The smallest absolute Gasteiger partial charge is 0.258 e. The molecule has 0 amide bonds. The van der Waals surface area contributed by atoms with E-state index in [0.29, 0.717) is 5.95 Å². The molecule has 19 heavy (non-hydrogen) atoms. The Bertz CT molecular complexity index is 617. The first-order valence-corrected chi connectivity index (χ1v) is 6.37. The van der Waals surface area contributed by atoms with E-state index in [1.165, 1.54) is 0 Å². The van der Waals surface area contributed by atoms with E-state index in [0.717, 1.165) is 11.3 Å². The van der Waals surface area contributed by atoms with Crippen molar-refractivity contribution in [3.05, 3.63) is 52.4 Å². The van der Waals surface area contributed by atoms with Crippen molar-refractivity contribution in [2.75, 3.05) is 11.9 Å². The molecule has 0 atom stereocenters. The van der Waals surface area contributed by atoms with E-state index in [1.807, 2.05) is 56.1 Å². The molecular weight excluding hydrogens is 238 g/mol. The molecule has 1 heterocycles. The van der Waals surface area contributed by atoms with Crippen LogP contribution >= 0.6 is 0 Å². The fourth-order valence-electron chi connectivity index (χ4n) is 2.03. The van der Waals surface area contributed by atoms with Gasteiger partial charge in [0.2, 0.25) is 5.95 Å². The predicted molar refractivity (Wildman–Crippen MR) is 78.1 cm³/mol. The van der Waals surface area contributed by atoms with Crippen LogP contribution in [0, 0.1) is 0 Å². The highest BCUT2D eigenvalue weighted by molar-refractivity contribution is 5.56. The van der Waals surface area contributed by atoms with Crippen LogP contribution in [-0.2, 0) is 7.05 Å². The lowest BCUT2D eigenvalue weighted by atomic mass is 10.1. The Morgan fingerprint density at radius 3 is 2.42 bits per heavy atom. The molecule has 0 aliphatic rings. The Hall–Kier alpha value is -2.10. The number of rotatable bonds is 3. The standard InChI is InChI=1S/C15H19N3O/c1-11(2)13-10-16-15(18(4)14(13)19)17(3)12-8-6-5-7-9-12/h5-11H,1-4H3. The van der Waals surface area contributed by atoms with E-state index in [1.54, 1.807) is 17.8 Å². The van der Waals surface area contributed by atoms with Gasteiger partial charge in [-0.3, -0.25) is 9.36 Å². The number of anilines is 2. The summed E-state index contributed by atoms with van der Waals surface area (Å²) in [6.45, 7) is 4.00. The number of para-hydroxylation sites is 1. The van der Waals surface area contributed by atoms with E-state index in [-0.39, 0.29) is 11.5 Å². The van der Waals surface area contributed by atoms with Crippen molar-refractivity contribution >= 4 is 11.6 Å². The van der Waals surface area contributed by atoms with Gasteiger partial charge in [-0.05, 0) is 18.1 Å². The minimum absolute atomic E-state index is 0.0165. The van der Waals surface area contributed by atoms with E-state index in [9.17, 15) is 4.79 Å². The number of hydrogen-bond acceptors (Lipinski definition) is 3. The summed E-state index contributed by atoms with van der Waals surface area (Å²) < 4.78 is 1.60. The maximum absolute atomic E-state index is 12.3. The van der Waals surface area contributed by atoms with Crippen LogP contribution in [0.15, 0.2) is 41.3 Å².